The second kappa shape index (κ2) is 10.2. The van der Waals surface area contributed by atoms with Gasteiger partial charge in [-0.3, -0.25) is 9.69 Å². The monoisotopic (exact) mass is 445 g/mol. The highest BCUT2D eigenvalue weighted by atomic mass is 35.5. The largest absolute Gasteiger partial charge is 0.497 e. The van der Waals surface area contributed by atoms with Crippen molar-refractivity contribution in [3.8, 4) is 17.2 Å². The lowest BCUT2D eigenvalue weighted by Gasteiger charge is -2.34. The van der Waals surface area contributed by atoms with Crippen molar-refractivity contribution in [2.45, 2.75) is 6.42 Å². The number of hydrogen-bond acceptors (Lipinski definition) is 6. The molecular weight excluding hydrogens is 418 g/mol. The van der Waals surface area contributed by atoms with E-state index in [0.717, 1.165) is 44.9 Å². The minimum absolute atomic E-state index is 0.0785. The second-order valence-corrected chi connectivity index (χ2v) is 8.15. The van der Waals surface area contributed by atoms with Crippen LogP contribution in [0.25, 0.3) is 0 Å². The van der Waals surface area contributed by atoms with Crippen LogP contribution in [0.3, 0.4) is 0 Å². The molecule has 2 heterocycles. The number of halogens is 1. The highest BCUT2D eigenvalue weighted by Crippen LogP contribution is 2.37. The second-order valence-electron chi connectivity index (χ2n) is 7.74. The zero-order chi connectivity index (χ0) is 21.6. The standard InChI is InChI=1S/C23H28ClN3O4/c1-29-18-4-2-17(3-5-18)6-7-26-8-10-27(11-9-26)16-23(28)25-20-15-22-21(14-19(20)24)30-12-13-31-22/h2-5,14-15H,6-13,16H2,1H3,(H,25,28). The SMILES string of the molecule is COc1ccc(CCN2CCN(CC(=O)Nc3cc4c(cc3Cl)OCCO4)CC2)cc1. The van der Waals surface area contributed by atoms with Gasteiger partial charge in [0, 0.05) is 44.9 Å². The summed E-state index contributed by atoms with van der Waals surface area (Å²) in [6.45, 7) is 5.99. The Morgan fingerprint density at radius 2 is 1.68 bits per heavy atom. The van der Waals surface area contributed by atoms with Crippen LogP contribution in [0.5, 0.6) is 17.2 Å². The smallest absolute Gasteiger partial charge is 0.238 e. The van der Waals surface area contributed by atoms with E-state index in [4.69, 9.17) is 25.8 Å². The Bertz CT molecular complexity index is 898. The van der Waals surface area contributed by atoms with Crippen LogP contribution in [0.15, 0.2) is 36.4 Å². The van der Waals surface area contributed by atoms with E-state index in [1.807, 2.05) is 12.1 Å². The first kappa shape index (κ1) is 21.7. The molecule has 8 heteroatoms. The summed E-state index contributed by atoms with van der Waals surface area (Å²) in [7, 11) is 1.68. The van der Waals surface area contributed by atoms with Gasteiger partial charge in [0.15, 0.2) is 11.5 Å². The summed E-state index contributed by atoms with van der Waals surface area (Å²) < 4.78 is 16.3. The first-order valence-corrected chi connectivity index (χ1v) is 10.9. The van der Waals surface area contributed by atoms with Crippen LogP contribution in [0.2, 0.25) is 5.02 Å². The van der Waals surface area contributed by atoms with Crippen molar-refractivity contribution in [3.63, 3.8) is 0 Å². The molecule has 0 bridgehead atoms. The number of benzene rings is 2. The first-order valence-electron chi connectivity index (χ1n) is 10.6. The lowest BCUT2D eigenvalue weighted by molar-refractivity contribution is -0.117. The van der Waals surface area contributed by atoms with Gasteiger partial charge in [0.2, 0.25) is 5.91 Å². The fourth-order valence-electron chi connectivity index (χ4n) is 3.80. The molecule has 166 valence electrons. The number of amides is 1. The molecule has 0 radical (unpaired) electrons. The average molecular weight is 446 g/mol. The molecular formula is C23H28ClN3O4. The van der Waals surface area contributed by atoms with Crippen LogP contribution in [0.4, 0.5) is 5.69 Å². The molecule has 0 aliphatic carbocycles. The minimum atomic E-state index is -0.0785. The van der Waals surface area contributed by atoms with Gasteiger partial charge in [-0.1, -0.05) is 23.7 Å². The Hall–Kier alpha value is -2.48. The zero-order valence-corrected chi connectivity index (χ0v) is 18.5. The molecule has 0 unspecified atom stereocenters. The molecule has 1 saturated heterocycles. The molecule has 4 rings (SSSR count). The van der Waals surface area contributed by atoms with Gasteiger partial charge in [0.25, 0.3) is 0 Å². The Labute approximate surface area is 187 Å². The van der Waals surface area contributed by atoms with Crippen molar-refractivity contribution >= 4 is 23.2 Å². The maximum absolute atomic E-state index is 12.5. The van der Waals surface area contributed by atoms with Gasteiger partial charge < -0.3 is 24.4 Å². The van der Waals surface area contributed by atoms with Crippen molar-refractivity contribution in [1.29, 1.82) is 0 Å². The molecule has 2 aromatic carbocycles. The summed E-state index contributed by atoms with van der Waals surface area (Å²) >= 11 is 6.29. The van der Waals surface area contributed by atoms with Gasteiger partial charge in [0.05, 0.1) is 24.4 Å². The number of carbonyl (C=O) groups excluding carboxylic acids is 1. The van der Waals surface area contributed by atoms with Gasteiger partial charge in [-0.25, -0.2) is 0 Å². The summed E-state index contributed by atoms with van der Waals surface area (Å²) in [5, 5.41) is 3.35. The predicted octanol–water partition coefficient (Wildman–Crippen LogP) is 2.92. The zero-order valence-electron chi connectivity index (χ0n) is 17.7. The lowest BCUT2D eigenvalue weighted by Crippen LogP contribution is -2.49. The third kappa shape index (κ3) is 5.81. The van der Waals surface area contributed by atoms with Crippen molar-refractivity contribution < 1.29 is 19.0 Å². The summed E-state index contributed by atoms with van der Waals surface area (Å²) in [4.78, 5) is 17.2. The van der Waals surface area contributed by atoms with Crippen molar-refractivity contribution in [2.75, 3.05) is 64.9 Å². The van der Waals surface area contributed by atoms with Gasteiger partial charge in [-0.05, 0) is 24.1 Å². The molecule has 2 aliphatic heterocycles. The maximum atomic E-state index is 12.5. The van der Waals surface area contributed by atoms with E-state index in [-0.39, 0.29) is 5.91 Å². The van der Waals surface area contributed by atoms with Gasteiger partial charge >= 0.3 is 0 Å². The van der Waals surface area contributed by atoms with Gasteiger partial charge in [-0.2, -0.15) is 0 Å². The van der Waals surface area contributed by atoms with Crippen LogP contribution in [0, 0.1) is 0 Å². The van der Waals surface area contributed by atoms with Crippen LogP contribution in [0.1, 0.15) is 5.56 Å². The molecule has 1 amide bonds. The highest BCUT2D eigenvalue weighted by Gasteiger charge is 2.20. The summed E-state index contributed by atoms with van der Waals surface area (Å²) in [5.74, 6) is 2.02. The predicted molar refractivity (Wildman–Crippen MR) is 121 cm³/mol. The van der Waals surface area contributed by atoms with Crippen LogP contribution in [-0.4, -0.2) is 75.3 Å². The Morgan fingerprint density at radius 1 is 1.03 bits per heavy atom. The topological polar surface area (TPSA) is 63.3 Å². The van der Waals surface area contributed by atoms with Gasteiger partial charge in [0.1, 0.15) is 19.0 Å². The highest BCUT2D eigenvalue weighted by molar-refractivity contribution is 6.34. The quantitative estimate of drug-likeness (QED) is 0.707. The van der Waals surface area contributed by atoms with Gasteiger partial charge in [-0.15, -0.1) is 0 Å². The molecule has 2 aromatic rings. The number of nitrogens with one attached hydrogen (secondary N) is 1. The van der Waals surface area contributed by atoms with Crippen LogP contribution >= 0.6 is 11.6 Å². The number of nitrogens with zero attached hydrogens (tertiary/aromatic N) is 2. The van der Waals surface area contributed by atoms with E-state index in [1.54, 1.807) is 19.2 Å². The Balaban J connectivity index is 1.21. The van der Waals surface area contributed by atoms with E-state index < -0.39 is 0 Å². The third-order valence-corrected chi connectivity index (χ3v) is 5.93. The third-order valence-electron chi connectivity index (χ3n) is 5.61. The molecule has 0 aromatic heterocycles. The molecule has 31 heavy (non-hydrogen) atoms. The van der Waals surface area contributed by atoms with Crippen LogP contribution < -0.4 is 19.5 Å². The van der Waals surface area contributed by atoms with Crippen molar-refractivity contribution in [2.24, 2.45) is 0 Å². The number of methoxy groups -OCH3 is 1. The van der Waals surface area contributed by atoms with E-state index in [1.165, 1.54) is 5.56 Å². The van der Waals surface area contributed by atoms with E-state index >= 15 is 0 Å². The summed E-state index contributed by atoms with van der Waals surface area (Å²) in [5.41, 5.74) is 1.85. The Kier molecular flexibility index (Phi) is 7.17. The number of hydrogen-bond donors (Lipinski definition) is 1. The van der Waals surface area contributed by atoms with E-state index in [9.17, 15) is 4.79 Å². The van der Waals surface area contributed by atoms with Crippen molar-refractivity contribution in [1.82, 2.24) is 9.80 Å². The average Bonchev–Trinajstić information content (AvgIpc) is 2.79. The fourth-order valence-corrected chi connectivity index (χ4v) is 4.00. The number of rotatable bonds is 7. The van der Waals surface area contributed by atoms with E-state index in [0.29, 0.717) is 42.0 Å². The molecule has 0 spiro atoms. The number of carbonyl (C=O) groups is 1. The summed E-state index contributed by atoms with van der Waals surface area (Å²) in [6.07, 6.45) is 1.01. The first-order chi connectivity index (χ1) is 15.1. The van der Waals surface area contributed by atoms with Crippen LogP contribution in [-0.2, 0) is 11.2 Å². The number of fused-ring (bicyclic) bond motifs is 1. The Morgan fingerprint density at radius 3 is 2.35 bits per heavy atom. The van der Waals surface area contributed by atoms with Crippen molar-refractivity contribution in [3.05, 3.63) is 47.0 Å². The lowest BCUT2D eigenvalue weighted by atomic mass is 10.1. The van der Waals surface area contributed by atoms with E-state index in [2.05, 4.69) is 27.2 Å². The molecule has 7 nitrogen and oxygen atoms in total. The number of anilines is 1. The molecule has 1 fully saturated rings. The molecule has 1 N–H and O–H groups in total. The fraction of sp³-hybridized carbons (Fsp3) is 0.435. The minimum Gasteiger partial charge on any atom is -0.497 e. The number of piperazine rings is 1. The number of ether oxygens (including phenoxy) is 3. The molecule has 2 aliphatic rings. The summed E-state index contributed by atoms with van der Waals surface area (Å²) in [6, 6.07) is 11.6. The maximum Gasteiger partial charge on any atom is 0.238 e. The molecule has 0 saturated carbocycles. The molecule has 0 atom stereocenters. The normalized spacial score (nSPS) is 16.7.